The van der Waals surface area contributed by atoms with Gasteiger partial charge in [0.05, 0.1) is 0 Å². The number of alkyl halides is 3. The van der Waals surface area contributed by atoms with E-state index in [-0.39, 0.29) is 18.3 Å². The minimum atomic E-state index is -5.70. The lowest BCUT2D eigenvalue weighted by atomic mass is 10.0. The number of hydrogen-bond acceptors (Lipinski definition) is 3. The second-order valence-corrected chi connectivity index (χ2v) is 8.21. The molecule has 3 aromatic rings. The topological polar surface area (TPSA) is 51.5 Å². The van der Waals surface area contributed by atoms with Gasteiger partial charge >= 0.3 is 6.18 Å². The van der Waals surface area contributed by atoms with Gasteiger partial charge in [-0.05, 0) is 48.2 Å². The average molecular weight is 524 g/mol. The molecule has 0 saturated carbocycles. The Labute approximate surface area is 199 Å². The van der Waals surface area contributed by atoms with Gasteiger partial charge in [0.1, 0.15) is 29.4 Å². The molecule has 0 aliphatic heterocycles. The third-order valence-electron chi connectivity index (χ3n) is 4.95. The van der Waals surface area contributed by atoms with Gasteiger partial charge in [-0.15, -0.1) is 0 Å². The number of carbonyl (C=O) groups is 1. The summed E-state index contributed by atoms with van der Waals surface area (Å²) < 4.78 is 105. The number of ether oxygens (including phenoxy) is 1. The van der Waals surface area contributed by atoms with Crippen LogP contribution in [0, 0.1) is 30.2 Å². The van der Waals surface area contributed by atoms with Crippen LogP contribution in [0.1, 0.15) is 52.8 Å². The highest BCUT2D eigenvalue weighted by Gasteiger charge is 2.42. The molecule has 188 valence electrons. The quantitative estimate of drug-likeness (QED) is 0.265. The van der Waals surface area contributed by atoms with Gasteiger partial charge in [-0.25, -0.2) is 17.6 Å². The summed E-state index contributed by atoms with van der Waals surface area (Å²) in [6.07, 6.45) is -5.70. The maximum atomic E-state index is 14.0. The van der Waals surface area contributed by atoms with Gasteiger partial charge in [0, 0.05) is 5.02 Å². The molecular weight excluding hydrogens is 507 g/mol. The second kappa shape index (κ2) is 9.80. The Balaban J connectivity index is 1.80. The summed E-state index contributed by atoms with van der Waals surface area (Å²) in [5, 5.41) is 2.04. The van der Waals surface area contributed by atoms with Crippen molar-refractivity contribution in [1.82, 2.24) is 0 Å². The van der Waals surface area contributed by atoms with Crippen LogP contribution in [0.15, 0.2) is 28.7 Å². The van der Waals surface area contributed by atoms with Crippen LogP contribution in [0.2, 0.25) is 5.02 Å². The summed E-state index contributed by atoms with van der Waals surface area (Å²) in [6.45, 7) is 5.46. The van der Waals surface area contributed by atoms with E-state index in [0.717, 1.165) is 17.2 Å². The Hall–Kier alpha value is -3.21. The Morgan fingerprint density at radius 3 is 2.20 bits per heavy atom. The zero-order chi connectivity index (χ0) is 26.2. The maximum absolute atomic E-state index is 14.0. The number of carbonyl (C=O) groups excluding carboxylic acids is 1. The van der Waals surface area contributed by atoms with Crippen molar-refractivity contribution in [2.75, 3.05) is 5.32 Å². The number of aryl methyl sites for hydroxylation is 1. The predicted octanol–water partition coefficient (Wildman–Crippen LogP) is 7.77. The largest absolute Gasteiger partial charge is 0.485 e. The van der Waals surface area contributed by atoms with Crippen LogP contribution >= 0.6 is 11.6 Å². The molecule has 0 unspecified atom stereocenters. The second-order valence-electron chi connectivity index (χ2n) is 7.81. The molecule has 1 aromatic heterocycles. The van der Waals surface area contributed by atoms with Gasteiger partial charge in [-0.3, -0.25) is 4.79 Å². The van der Waals surface area contributed by atoms with E-state index in [9.17, 15) is 35.5 Å². The number of halogens is 8. The van der Waals surface area contributed by atoms with Crippen molar-refractivity contribution < 1.29 is 44.7 Å². The summed E-state index contributed by atoms with van der Waals surface area (Å²) in [7, 11) is 0. The first kappa shape index (κ1) is 26.4. The van der Waals surface area contributed by atoms with Gasteiger partial charge in [-0.1, -0.05) is 25.4 Å². The Kier molecular flexibility index (Phi) is 7.39. The predicted molar refractivity (Wildman–Crippen MR) is 113 cm³/mol. The first-order valence-corrected chi connectivity index (χ1v) is 10.4. The van der Waals surface area contributed by atoms with E-state index in [1.165, 1.54) is 11.4 Å². The first-order valence-electron chi connectivity index (χ1n) is 9.98. The molecule has 1 N–H and O–H groups in total. The van der Waals surface area contributed by atoms with Crippen LogP contribution in [0.5, 0.6) is 5.75 Å². The molecule has 1 amide bonds. The molecule has 2 aromatic carbocycles. The molecule has 0 aliphatic carbocycles. The third kappa shape index (κ3) is 5.39. The zero-order valence-corrected chi connectivity index (χ0v) is 19.1. The maximum Gasteiger partial charge on any atom is 0.422 e. The molecule has 12 heteroatoms. The molecule has 0 radical (unpaired) electrons. The highest BCUT2D eigenvalue weighted by molar-refractivity contribution is 6.31. The van der Waals surface area contributed by atoms with E-state index >= 15 is 0 Å². The lowest BCUT2D eigenvalue weighted by Crippen LogP contribution is -2.20. The SMILES string of the molecule is Cc1cc(OCc2ccc(C(=O)Nc3c(F)c(F)c(C(F)(F)F)c(F)c3F)o2)c(C(C)C)cc1Cl. The summed E-state index contributed by atoms with van der Waals surface area (Å²) in [5.74, 6) is -11.5. The number of hydrogen-bond donors (Lipinski definition) is 1. The van der Waals surface area contributed by atoms with E-state index in [1.807, 2.05) is 13.8 Å². The van der Waals surface area contributed by atoms with Gasteiger partial charge in [0.2, 0.25) is 0 Å². The van der Waals surface area contributed by atoms with E-state index in [0.29, 0.717) is 10.8 Å². The Bertz CT molecular complexity index is 1260. The highest BCUT2D eigenvalue weighted by atomic mass is 35.5. The van der Waals surface area contributed by atoms with Gasteiger partial charge in [0.25, 0.3) is 5.91 Å². The van der Waals surface area contributed by atoms with Crippen LogP contribution < -0.4 is 10.1 Å². The number of amides is 1. The Morgan fingerprint density at radius 2 is 1.66 bits per heavy atom. The van der Waals surface area contributed by atoms with Crippen LogP contribution in [0.4, 0.5) is 36.4 Å². The van der Waals surface area contributed by atoms with E-state index < -0.39 is 52.4 Å². The molecule has 0 saturated heterocycles. The number of furan rings is 1. The van der Waals surface area contributed by atoms with Crippen molar-refractivity contribution in [3.63, 3.8) is 0 Å². The van der Waals surface area contributed by atoms with Crippen LogP contribution in [0.3, 0.4) is 0 Å². The zero-order valence-electron chi connectivity index (χ0n) is 18.3. The van der Waals surface area contributed by atoms with Crippen molar-refractivity contribution in [3.05, 3.63) is 80.8 Å². The minimum absolute atomic E-state index is 0.0651. The molecule has 4 nitrogen and oxygen atoms in total. The fourth-order valence-electron chi connectivity index (χ4n) is 3.14. The van der Waals surface area contributed by atoms with Crippen molar-refractivity contribution in [2.24, 2.45) is 0 Å². The molecular formula is C23H17ClF7NO3. The summed E-state index contributed by atoms with van der Waals surface area (Å²) in [5.41, 5.74) is -2.92. The molecule has 1 heterocycles. The molecule has 0 bridgehead atoms. The molecule has 35 heavy (non-hydrogen) atoms. The monoisotopic (exact) mass is 523 g/mol. The van der Waals surface area contributed by atoms with Crippen molar-refractivity contribution in [3.8, 4) is 5.75 Å². The Morgan fingerprint density at radius 1 is 1.06 bits per heavy atom. The van der Waals surface area contributed by atoms with Gasteiger partial charge in [-0.2, -0.15) is 13.2 Å². The smallest absolute Gasteiger partial charge is 0.422 e. The van der Waals surface area contributed by atoms with Crippen molar-refractivity contribution >= 4 is 23.2 Å². The van der Waals surface area contributed by atoms with E-state index in [2.05, 4.69) is 0 Å². The molecule has 0 spiro atoms. The van der Waals surface area contributed by atoms with Crippen LogP contribution in [-0.2, 0) is 12.8 Å². The molecule has 0 fully saturated rings. The normalized spacial score (nSPS) is 11.8. The third-order valence-corrected chi connectivity index (χ3v) is 5.36. The van der Waals surface area contributed by atoms with Gasteiger partial charge < -0.3 is 14.5 Å². The van der Waals surface area contributed by atoms with Crippen molar-refractivity contribution in [1.29, 1.82) is 0 Å². The molecule has 0 aliphatic rings. The molecule has 0 atom stereocenters. The fraction of sp³-hybridized carbons (Fsp3) is 0.261. The number of rotatable bonds is 6. The van der Waals surface area contributed by atoms with E-state index in [4.69, 9.17) is 20.8 Å². The minimum Gasteiger partial charge on any atom is -0.485 e. The summed E-state index contributed by atoms with van der Waals surface area (Å²) in [6, 6.07) is 5.85. The van der Waals surface area contributed by atoms with Crippen LogP contribution in [-0.4, -0.2) is 5.91 Å². The van der Waals surface area contributed by atoms with Crippen molar-refractivity contribution in [2.45, 2.75) is 39.5 Å². The number of benzene rings is 2. The fourth-order valence-corrected chi connectivity index (χ4v) is 3.31. The lowest BCUT2D eigenvalue weighted by molar-refractivity contribution is -0.143. The standard InChI is InChI=1S/C23H17ClF7NO3/c1-9(2)12-7-13(24)10(3)6-15(12)34-8-11-4-5-14(35-11)22(33)32-21-19(27)17(25)16(23(29,30)31)18(26)20(21)28/h4-7,9H,8H2,1-3H3,(H,32,33). The van der Waals surface area contributed by atoms with Gasteiger partial charge in [0.15, 0.2) is 29.0 Å². The average Bonchev–Trinajstić information content (AvgIpc) is 3.24. The van der Waals surface area contributed by atoms with E-state index in [1.54, 1.807) is 19.1 Å². The number of anilines is 1. The first-order chi connectivity index (χ1) is 16.2. The summed E-state index contributed by atoms with van der Waals surface area (Å²) in [4.78, 5) is 12.3. The lowest BCUT2D eigenvalue weighted by Gasteiger charge is -2.15. The number of nitrogens with one attached hydrogen (secondary N) is 1. The summed E-state index contributed by atoms with van der Waals surface area (Å²) >= 11 is 6.15. The van der Waals surface area contributed by atoms with Crippen LogP contribution in [0.25, 0.3) is 0 Å². The highest BCUT2D eigenvalue weighted by Crippen LogP contribution is 2.38. The molecule has 3 rings (SSSR count).